The first-order valence-electron chi connectivity index (χ1n) is 4.78. The Morgan fingerprint density at radius 1 is 1.59 bits per heavy atom. The summed E-state index contributed by atoms with van der Waals surface area (Å²) in [6.07, 6.45) is 1.18. The van der Waals surface area contributed by atoms with Crippen molar-refractivity contribution < 1.29 is 8.42 Å². The van der Waals surface area contributed by atoms with E-state index in [1.165, 1.54) is 6.26 Å². The van der Waals surface area contributed by atoms with Crippen molar-refractivity contribution in [2.45, 2.75) is 18.6 Å². The molecule has 3 N–H and O–H groups in total. The van der Waals surface area contributed by atoms with Crippen LogP contribution in [0.15, 0.2) is 0 Å². The number of nitrogens with two attached hydrogens (primary N) is 1. The first-order valence-corrected chi connectivity index (χ1v) is 7.44. The van der Waals surface area contributed by atoms with Gasteiger partial charge in [-0.2, -0.15) is 9.64 Å². The summed E-state index contributed by atoms with van der Waals surface area (Å²) in [6.45, 7) is 3.43. The van der Waals surface area contributed by atoms with E-state index in [-0.39, 0.29) is 17.9 Å². The molecule has 0 atom stereocenters. The van der Waals surface area contributed by atoms with Crippen LogP contribution in [0, 0.1) is 11.3 Å². The molecule has 8 heteroatoms. The predicted octanol–water partition coefficient (Wildman–Crippen LogP) is 0.832. The lowest BCUT2D eigenvalue weighted by Crippen LogP contribution is -2.38. The zero-order valence-electron chi connectivity index (χ0n) is 9.81. The Kier molecular flexibility index (Phi) is 3.64. The van der Waals surface area contributed by atoms with E-state index < -0.39 is 14.6 Å². The maximum absolute atomic E-state index is 11.5. The molecule has 6 nitrogen and oxygen atoms in total. The van der Waals surface area contributed by atoms with Gasteiger partial charge in [-0.3, -0.25) is 0 Å². The highest BCUT2D eigenvalue weighted by Crippen LogP contribution is 2.27. The van der Waals surface area contributed by atoms with E-state index in [2.05, 4.69) is 9.69 Å². The molecule has 0 amide bonds. The van der Waals surface area contributed by atoms with Gasteiger partial charge in [-0.25, -0.2) is 8.42 Å². The molecule has 1 aromatic heterocycles. The van der Waals surface area contributed by atoms with Crippen molar-refractivity contribution in [3.63, 3.8) is 0 Å². The molecule has 0 aliphatic rings. The van der Waals surface area contributed by atoms with Crippen LogP contribution >= 0.6 is 11.5 Å². The molecule has 1 heterocycles. The van der Waals surface area contributed by atoms with Crippen molar-refractivity contribution in [1.29, 1.82) is 5.26 Å². The molecule has 0 saturated carbocycles. The van der Waals surface area contributed by atoms with Crippen LogP contribution in [0.3, 0.4) is 0 Å². The number of anilines is 2. The number of nitrogens with one attached hydrogen (secondary N) is 1. The summed E-state index contributed by atoms with van der Waals surface area (Å²) in [5.41, 5.74) is 5.76. The number of hydrogen-bond acceptors (Lipinski definition) is 7. The second kappa shape index (κ2) is 4.50. The number of nitrogens with zero attached hydrogens (tertiary/aromatic N) is 2. The van der Waals surface area contributed by atoms with Crippen molar-refractivity contribution in [2.75, 3.05) is 23.9 Å². The standard InChI is InChI=1S/C9H14N4O2S2/c1-9(2,17(3,14)15)5-12-8-6(4-10)7(11)13-16-8/h12H,5H2,1-3H3,(H2,11,13). The summed E-state index contributed by atoms with van der Waals surface area (Å²) in [6, 6.07) is 1.93. The first kappa shape index (κ1) is 13.7. The van der Waals surface area contributed by atoms with E-state index >= 15 is 0 Å². The number of sulfone groups is 1. The van der Waals surface area contributed by atoms with Crippen LogP contribution in [0.4, 0.5) is 10.8 Å². The smallest absolute Gasteiger partial charge is 0.157 e. The van der Waals surface area contributed by atoms with Crippen molar-refractivity contribution in [3.05, 3.63) is 5.56 Å². The van der Waals surface area contributed by atoms with Gasteiger partial charge in [0, 0.05) is 12.8 Å². The molecular weight excluding hydrogens is 260 g/mol. The SMILES string of the molecule is CC(C)(CNc1snc(N)c1C#N)S(C)(=O)=O. The van der Waals surface area contributed by atoms with E-state index in [9.17, 15) is 8.42 Å². The van der Waals surface area contributed by atoms with Crippen LogP contribution in [0.25, 0.3) is 0 Å². The Morgan fingerprint density at radius 2 is 2.18 bits per heavy atom. The van der Waals surface area contributed by atoms with Gasteiger partial charge in [0.15, 0.2) is 15.7 Å². The Labute approximate surface area is 105 Å². The molecule has 0 aliphatic heterocycles. The van der Waals surface area contributed by atoms with Crippen molar-refractivity contribution in [3.8, 4) is 6.07 Å². The maximum Gasteiger partial charge on any atom is 0.157 e. The Balaban J connectivity index is 2.86. The largest absolute Gasteiger partial charge is 0.382 e. The molecule has 1 rings (SSSR count). The van der Waals surface area contributed by atoms with Gasteiger partial charge in [-0.05, 0) is 25.4 Å². The average molecular weight is 274 g/mol. The lowest BCUT2D eigenvalue weighted by Gasteiger charge is -2.22. The van der Waals surface area contributed by atoms with Crippen LogP contribution in [-0.2, 0) is 9.84 Å². The number of rotatable bonds is 4. The van der Waals surface area contributed by atoms with Crippen molar-refractivity contribution in [1.82, 2.24) is 4.37 Å². The van der Waals surface area contributed by atoms with E-state index in [0.717, 1.165) is 11.5 Å². The third-order valence-electron chi connectivity index (χ3n) is 2.51. The summed E-state index contributed by atoms with van der Waals surface area (Å²) in [4.78, 5) is 0. The molecule has 0 fully saturated rings. The van der Waals surface area contributed by atoms with Gasteiger partial charge in [-0.15, -0.1) is 0 Å². The van der Waals surface area contributed by atoms with Gasteiger partial charge in [0.05, 0.1) is 4.75 Å². The van der Waals surface area contributed by atoms with E-state index in [4.69, 9.17) is 11.0 Å². The lowest BCUT2D eigenvalue weighted by molar-refractivity contribution is 0.560. The van der Waals surface area contributed by atoms with Gasteiger partial charge in [0.2, 0.25) is 0 Å². The molecule has 1 aromatic rings. The van der Waals surface area contributed by atoms with Crippen molar-refractivity contribution >= 4 is 32.2 Å². The molecule has 17 heavy (non-hydrogen) atoms. The van der Waals surface area contributed by atoms with E-state index in [0.29, 0.717) is 5.00 Å². The lowest BCUT2D eigenvalue weighted by atomic mass is 10.2. The highest BCUT2D eigenvalue weighted by atomic mass is 32.2. The molecule has 0 aromatic carbocycles. The average Bonchev–Trinajstić information content (AvgIpc) is 2.54. The second-order valence-corrected chi connectivity index (χ2v) is 7.69. The highest BCUT2D eigenvalue weighted by molar-refractivity contribution is 7.92. The quantitative estimate of drug-likeness (QED) is 0.841. The minimum absolute atomic E-state index is 0.164. The monoisotopic (exact) mass is 274 g/mol. The third-order valence-corrected chi connectivity index (χ3v) is 5.48. The molecular formula is C9H14N4O2S2. The molecule has 0 spiro atoms. The first-order chi connectivity index (χ1) is 7.69. The van der Waals surface area contributed by atoms with Gasteiger partial charge in [0.1, 0.15) is 16.6 Å². The predicted molar refractivity (Wildman–Crippen MR) is 68.7 cm³/mol. The van der Waals surface area contributed by atoms with Crippen LogP contribution in [0.5, 0.6) is 0 Å². The Morgan fingerprint density at radius 3 is 2.65 bits per heavy atom. The minimum Gasteiger partial charge on any atom is -0.382 e. The fourth-order valence-corrected chi connectivity index (χ4v) is 1.95. The maximum atomic E-state index is 11.5. The summed E-state index contributed by atoms with van der Waals surface area (Å²) < 4.78 is 25.9. The Bertz CT molecular complexity index is 554. The van der Waals surface area contributed by atoms with Crippen LogP contribution in [0.1, 0.15) is 19.4 Å². The van der Waals surface area contributed by atoms with Gasteiger partial charge >= 0.3 is 0 Å². The molecule has 0 unspecified atom stereocenters. The molecule has 0 bridgehead atoms. The van der Waals surface area contributed by atoms with Gasteiger partial charge < -0.3 is 11.1 Å². The molecule has 0 radical (unpaired) electrons. The topological polar surface area (TPSA) is 109 Å². The summed E-state index contributed by atoms with van der Waals surface area (Å²) in [5.74, 6) is 0.164. The Hall–Kier alpha value is -1.33. The number of nitriles is 1. The zero-order chi connectivity index (χ0) is 13.3. The summed E-state index contributed by atoms with van der Waals surface area (Å²) in [5, 5.41) is 12.3. The third kappa shape index (κ3) is 2.87. The van der Waals surface area contributed by atoms with Gasteiger partial charge in [0.25, 0.3) is 0 Å². The molecule has 0 saturated heterocycles. The summed E-state index contributed by atoms with van der Waals surface area (Å²) >= 11 is 1.05. The fraction of sp³-hybridized carbons (Fsp3) is 0.556. The number of hydrogen-bond donors (Lipinski definition) is 2. The zero-order valence-corrected chi connectivity index (χ0v) is 11.4. The second-order valence-electron chi connectivity index (χ2n) is 4.27. The number of aromatic nitrogens is 1. The van der Waals surface area contributed by atoms with Gasteiger partial charge in [-0.1, -0.05) is 0 Å². The van der Waals surface area contributed by atoms with Crippen LogP contribution in [-0.4, -0.2) is 30.3 Å². The molecule has 94 valence electrons. The van der Waals surface area contributed by atoms with E-state index in [1.807, 2.05) is 6.07 Å². The minimum atomic E-state index is -3.18. The normalized spacial score (nSPS) is 12.1. The summed E-state index contributed by atoms with van der Waals surface area (Å²) in [7, 11) is -3.18. The fourth-order valence-electron chi connectivity index (χ4n) is 0.955. The highest BCUT2D eigenvalue weighted by Gasteiger charge is 2.30. The van der Waals surface area contributed by atoms with Crippen LogP contribution < -0.4 is 11.1 Å². The molecule has 0 aliphatic carbocycles. The number of nitrogen functional groups attached to an aromatic ring is 1. The van der Waals surface area contributed by atoms with Crippen LogP contribution in [0.2, 0.25) is 0 Å². The van der Waals surface area contributed by atoms with Crippen molar-refractivity contribution in [2.24, 2.45) is 0 Å². The van der Waals surface area contributed by atoms with E-state index in [1.54, 1.807) is 13.8 Å².